The summed E-state index contributed by atoms with van der Waals surface area (Å²) in [5, 5.41) is 5.46. The van der Waals surface area contributed by atoms with Crippen molar-refractivity contribution in [2.75, 3.05) is 11.9 Å². The first kappa shape index (κ1) is 15.7. The van der Waals surface area contributed by atoms with E-state index >= 15 is 0 Å². The summed E-state index contributed by atoms with van der Waals surface area (Å²) < 4.78 is 1.14. The Morgan fingerprint density at radius 2 is 2.14 bits per heavy atom. The second-order valence-electron chi connectivity index (χ2n) is 5.89. The molecule has 0 aliphatic rings. The van der Waals surface area contributed by atoms with E-state index in [0.29, 0.717) is 6.54 Å². The highest BCUT2D eigenvalue weighted by molar-refractivity contribution is 7.22. The van der Waals surface area contributed by atoms with E-state index in [2.05, 4.69) is 10.3 Å². The maximum atomic E-state index is 11.1. The Bertz CT molecular complexity index is 573. The number of nitrogens with one attached hydrogen (secondary N) is 1. The Morgan fingerprint density at radius 1 is 1.43 bits per heavy atom. The lowest BCUT2D eigenvalue weighted by Gasteiger charge is -2.31. The molecule has 0 unspecified atom stereocenters. The number of thiazole rings is 1. The van der Waals surface area contributed by atoms with Crippen molar-refractivity contribution in [2.24, 2.45) is 0 Å². The van der Waals surface area contributed by atoms with Crippen LogP contribution in [0, 0.1) is 0 Å². The van der Waals surface area contributed by atoms with Crippen molar-refractivity contribution >= 4 is 33.1 Å². The molecule has 2 rings (SSSR count). The van der Waals surface area contributed by atoms with E-state index in [9.17, 15) is 4.79 Å². The number of anilines is 1. The second-order valence-corrected chi connectivity index (χ2v) is 6.92. The number of benzene rings is 1. The first-order chi connectivity index (χ1) is 9.89. The summed E-state index contributed by atoms with van der Waals surface area (Å²) in [5.41, 5.74) is 0.584. The van der Waals surface area contributed by atoms with E-state index in [4.69, 9.17) is 4.84 Å². The predicted octanol–water partition coefficient (Wildman–Crippen LogP) is 3.29. The van der Waals surface area contributed by atoms with Crippen molar-refractivity contribution in [2.45, 2.75) is 39.3 Å². The van der Waals surface area contributed by atoms with Crippen LogP contribution >= 0.6 is 11.3 Å². The van der Waals surface area contributed by atoms with E-state index in [0.717, 1.165) is 21.8 Å². The third-order valence-electron chi connectivity index (χ3n) is 2.76. The number of fused-ring (bicyclic) bond motifs is 1. The van der Waals surface area contributed by atoms with Gasteiger partial charge in [0.05, 0.1) is 21.9 Å². The summed E-state index contributed by atoms with van der Waals surface area (Å²) in [6, 6.07) is 7.91. The molecule has 1 aromatic carbocycles. The van der Waals surface area contributed by atoms with E-state index in [1.165, 1.54) is 5.06 Å². The quantitative estimate of drug-likeness (QED) is 0.657. The Labute approximate surface area is 128 Å². The SMILES string of the molecule is C[C@H](CNc1nc2ccccc2s1)N(C=O)OC(C)(C)C. The smallest absolute Gasteiger partial charge is 0.233 e. The number of carbonyl (C=O) groups excluding carboxylic acids is 1. The molecule has 0 fully saturated rings. The monoisotopic (exact) mass is 307 g/mol. The molecule has 21 heavy (non-hydrogen) atoms. The average molecular weight is 307 g/mol. The van der Waals surface area contributed by atoms with Gasteiger partial charge in [-0.15, -0.1) is 0 Å². The molecule has 0 bridgehead atoms. The molecule has 0 saturated heterocycles. The number of para-hydroxylation sites is 1. The van der Waals surface area contributed by atoms with Gasteiger partial charge in [-0.3, -0.25) is 9.63 Å². The lowest BCUT2D eigenvalue weighted by Crippen LogP contribution is -2.42. The molecule has 6 heteroatoms. The van der Waals surface area contributed by atoms with Gasteiger partial charge in [-0.1, -0.05) is 23.5 Å². The number of hydrogen-bond donors (Lipinski definition) is 1. The highest BCUT2D eigenvalue weighted by atomic mass is 32.1. The molecular formula is C15H21N3O2S. The van der Waals surface area contributed by atoms with Crippen LogP contribution in [0.4, 0.5) is 5.13 Å². The number of aromatic nitrogens is 1. The molecule has 114 valence electrons. The van der Waals surface area contributed by atoms with Crippen LogP contribution < -0.4 is 5.32 Å². The van der Waals surface area contributed by atoms with E-state index < -0.39 is 5.60 Å². The zero-order valence-electron chi connectivity index (χ0n) is 12.8. The molecule has 1 N–H and O–H groups in total. The van der Waals surface area contributed by atoms with Gasteiger partial charge in [-0.2, -0.15) is 0 Å². The summed E-state index contributed by atoms with van der Waals surface area (Å²) in [6.07, 6.45) is 0.718. The van der Waals surface area contributed by atoms with Crippen LogP contribution in [0.5, 0.6) is 0 Å². The molecule has 5 nitrogen and oxygen atoms in total. The molecule has 1 aromatic heterocycles. The normalized spacial score (nSPS) is 13.1. The van der Waals surface area contributed by atoms with Gasteiger partial charge >= 0.3 is 0 Å². The molecule has 2 aromatic rings. The molecule has 0 radical (unpaired) electrons. The maximum Gasteiger partial charge on any atom is 0.233 e. The fourth-order valence-corrected chi connectivity index (χ4v) is 2.68. The molecular weight excluding hydrogens is 286 g/mol. The Morgan fingerprint density at radius 3 is 2.76 bits per heavy atom. The number of hydrogen-bond acceptors (Lipinski definition) is 5. The predicted molar refractivity (Wildman–Crippen MR) is 86.3 cm³/mol. The molecule has 0 saturated carbocycles. The molecule has 0 aliphatic heterocycles. The summed E-state index contributed by atoms with van der Waals surface area (Å²) >= 11 is 1.60. The van der Waals surface area contributed by atoms with Crippen molar-refractivity contribution in [3.63, 3.8) is 0 Å². The topological polar surface area (TPSA) is 54.5 Å². The molecule has 1 amide bonds. The molecule has 1 heterocycles. The molecule has 0 aliphatic carbocycles. The van der Waals surface area contributed by atoms with Gasteiger partial charge in [0, 0.05) is 6.54 Å². The number of rotatable bonds is 6. The summed E-state index contributed by atoms with van der Waals surface area (Å²) in [4.78, 5) is 21.2. The third kappa shape index (κ3) is 4.41. The van der Waals surface area contributed by atoms with Crippen molar-refractivity contribution in [1.82, 2.24) is 10.0 Å². The minimum Gasteiger partial charge on any atom is -0.359 e. The van der Waals surface area contributed by atoms with Crippen molar-refractivity contribution in [3.8, 4) is 0 Å². The van der Waals surface area contributed by atoms with Gasteiger partial charge < -0.3 is 5.32 Å². The maximum absolute atomic E-state index is 11.1. The van der Waals surface area contributed by atoms with Crippen LogP contribution in [0.15, 0.2) is 24.3 Å². The van der Waals surface area contributed by atoms with Crippen LogP contribution in [0.2, 0.25) is 0 Å². The van der Waals surface area contributed by atoms with E-state index in [-0.39, 0.29) is 6.04 Å². The van der Waals surface area contributed by atoms with Gasteiger partial charge in [-0.25, -0.2) is 10.0 Å². The van der Waals surface area contributed by atoms with Gasteiger partial charge in [-0.05, 0) is 39.8 Å². The minimum atomic E-state index is -0.398. The zero-order valence-corrected chi connectivity index (χ0v) is 13.6. The Kier molecular flexibility index (Phi) is 4.80. The summed E-state index contributed by atoms with van der Waals surface area (Å²) in [6.45, 7) is 8.25. The summed E-state index contributed by atoms with van der Waals surface area (Å²) in [5.74, 6) is 0. The van der Waals surface area contributed by atoms with Crippen LogP contribution in [-0.4, -0.2) is 34.6 Å². The fraction of sp³-hybridized carbons (Fsp3) is 0.467. The average Bonchev–Trinajstić information content (AvgIpc) is 2.84. The first-order valence-corrected chi connectivity index (χ1v) is 7.73. The van der Waals surface area contributed by atoms with Crippen LogP contribution in [0.3, 0.4) is 0 Å². The van der Waals surface area contributed by atoms with Gasteiger partial charge in [0.25, 0.3) is 0 Å². The molecule has 1 atom stereocenters. The highest BCUT2D eigenvalue weighted by Crippen LogP contribution is 2.25. The van der Waals surface area contributed by atoms with Crippen molar-refractivity contribution in [3.05, 3.63) is 24.3 Å². The largest absolute Gasteiger partial charge is 0.359 e. The van der Waals surface area contributed by atoms with Crippen LogP contribution in [0.1, 0.15) is 27.7 Å². The van der Waals surface area contributed by atoms with E-state index in [1.807, 2.05) is 52.0 Å². The highest BCUT2D eigenvalue weighted by Gasteiger charge is 2.20. The van der Waals surface area contributed by atoms with Crippen LogP contribution in [0.25, 0.3) is 10.2 Å². The van der Waals surface area contributed by atoms with Crippen molar-refractivity contribution < 1.29 is 9.63 Å². The van der Waals surface area contributed by atoms with Gasteiger partial charge in [0.1, 0.15) is 0 Å². The fourth-order valence-electron chi connectivity index (χ4n) is 1.80. The lowest BCUT2D eigenvalue weighted by molar-refractivity contribution is -0.228. The van der Waals surface area contributed by atoms with Gasteiger partial charge in [0.15, 0.2) is 5.13 Å². The number of hydroxylamine groups is 2. The first-order valence-electron chi connectivity index (χ1n) is 6.91. The van der Waals surface area contributed by atoms with E-state index in [1.54, 1.807) is 11.3 Å². The van der Waals surface area contributed by atoms with Gasteiger partial charge in [0.2, 0.25) is 6.41 Å². The van der Waals surface area contributed by atoms with Crippen molar-refractivity contribution in [1.29, 1.82) is 0 Å². The number of nitrogens with zero attached hydrogens (tertiary/aromatic N) is 2. The standard InChI is InChI=1S/C15H21N3O2S/c1-11(18(10-19)20-15(2,3)4)9-16-14-17-12-7-5-6-8-13(12)21-14/h5-8,10-11H,9H2,1-4H3,(H,16,17)/t11-/m1/s1. The van der Waals surface area contributed by atoms with Crippen LogP contribution in [-0.2, 0) is 9.63 Å². The second kappa shape index (κ2) is 6.41. The minimum absolute atomic E-state index is 0.0891. The zero-order chi connectivity index (χ0) is 15.5. The Hall–Kier alpha value is -1.66. The third-order valence-corrected chi connectivity index (χ3v) is 3.75. The number of carbonyl (C=O) groups is 1. The lowest BCUT2D eigenvalue weighted by atomic mass is 10.2. The molecule has 0 spiro atoms. The Balaban J connectivity index is 1.96. The number of amides is 1. The summed E-state index contributed by atoms with van der Waals surface area (Å²) in [7, 11) is 0.